The van der Waals surface area contributed by atoms with E-state index in [9.17, 15) is 0 Å². The van der Waals surface area contributed by atoms with Crippen LogP contribution < -0.4 is 0 Å². The lowest BCUT2D eigenvalue weighted by Crippen LogP contribution is -2.33. The number of benzene rings is 1. The number of hydrogen-bond donors (Lipinski definition) is 0. The molecule has 1 heterocycles. The van der Waals surface area contributed by atoms with E-state index in [1.54, 1.807) is 0 Å². The second-order valence-electron chi connectivity index (χ2n) is 5.75. The van der Waals surface area contributed by atoms with Crippen LogP contribution in [0, 0.1) is 0 Å². The number of ether oxygens (including phenoxy) is 2. The first-order chi connectivity index (χ1) is 9.19. The molecule has 1 aliphatic carbocycles. The van der Waals surface area contributed by atoms with E-state index in [0.717, 1.165) is 29.8 Å². The molecule has 1 aromatic rings. The summed E-state index contributed by atoms with van der Waals surface area (Å²) in [6, 6.07) is 8.00. The molecule has 2 unspecified atom stereocenters. The largest absolute Gasteiger partial charge is 0.344 e. The van der Waals surface area contributed by atoms with Crippen LogP contribution in [0.4, 0.5) is 0 Å². The van der Waals surface area contributed by atoms with Crippen molar-refractivity contribution in [3.8, 4) is 0 Å². The van der Waals surface area contributed by atoms with E-state index in [1.807, 2.05) is 18.2 Å². The zero-order chi connectivity index (χ0) is 13.3. The molecule has 3 heteroatoms. The molecule has 0 bridgehead atoms. The van der Waals surface area contributed by atoms with Crippen molar-refractivity contribution in [1.29, 1.82) is 0 Å². The third-order valence-electron chi connectivity index (χ3n) is 4.28. The molecule has 0 aromatic heterocycles. The minimum Gasteiger partial charge on any atom is -0.344 e. The second-order valence-corrected chi connectivity index (χ2v) is 6.15. The first-order valence-corrected chi connectivity index (χ1v) is 7.65. The van der Waals surface area contributed by atoms with Gasteiger partial charge < -0.3 is 9.47 Å². The fourth-order valence-electron chi connectivity index (χ4n) is 3.23. The summed E-state index contributed by atoms with van der Waals surface area (Å²) in [6.45, 7) is 2.12. The Morgan fingerprint density at radius 3 is 2.63 bits per heavy atom. The van der Waals surface area contributed by atoms with Gasteiger partial charge in [-0.05, 0) is 31.4 Å². The predicted octanol–water partition coefficient (Wildman–Crippen LogP) is 4.35. The maximum atomic E-state index is 6.28. The molecule has 1 saturated carbocycles. The molecule has 19 heavy (non-hydrogen) atoms. The van der Waals surface area contributed by atoms with Gasteiger partial charge in [0.25, 0.3) is 0 Å². The van der Waals surface area contributed by atoms with Crippen LogP contribution in [0.5, 0.6) is 0 Å². The Bertz CT molecular complexity index is 440. The molecule has 3 rings (SSSR count). The van der Waals surface area contributed by atoms with Gasteiger partial charge in [0.1, 0.15) is 0 Å². The number of halogens is 1. The van der Waals surface area contributed by atoms with E-state index < -0.39 is 0 Å². The van der Waals surface area contributed by atoms with Gasteiger partial charge in [-0.25, -0.2) is 0 Å². The zero-order valence-electron chi connectivity index (χ0n) is 11.4. The summed E-state index contributed by atoms with van der Waals surface area (Å²) in [5, 5.41) is 0.822. The van der Waals surface area contributed by atoms with Gasteiger partial charge in [0.15, 0.2) is 5.79 Å². The molecular formula is C16H21ClO2. The lowest BCUT2D eigenvalue weighted by atomic mass is 9.94. The van der Waals surface area contributed by atoms with Crippen molar-refractivity contribution in [2.75, 3.05) is 0 Å². The van der Waals surface area contributed by atoms with Crippen molar-refractivity contribution in [1.82, 2.24) is 0 Å². The lowest BCUT2D eigenvalue weighted by Gasteiger charge is -2.32. The van der Waals surface area contributed by atoms with Crippen molar-refractivity contribution in [2.45, 2.75) is 63.4 Å². The van der Waals surface area contributed by atoms with Gasteiger partial charge in [-0.1, -0.05) is 36.2 Å². The van der Waals surface area contributed by atoms with Gasteiger partial charge in [0, 0.05) is 24.3 Å². The minimum atomic E-state index is -0.302. The van der Waals surface area contributed by atoms with Crippen LogP contribution in [0.25, 0.3) is 0 Å². The minimum absolute atomic E-state index is 0.123. The van der Waals surface area contributed by atoms with E-state index in [0.29, 0.717) is 0 Å². The monoisotopic (exact) mass is 280 g/mol. The summed E-state index contributed by atoms with van der Waals surface area (Å²) in [5.41, 5.74) is 1.15. The van der Waals surface area contributed by atoms with Gasteiger partial charge in [-0.3, -0.25) is 0 Å². The van der Waals surface area contributed by atoms with E-state index >= 15 is 0 Å². The quantitative estimate of drug-likeness (QED) is 0.802. The maximum absolute atomic E-state index is 6.28. The van der Waals surface area contributed by atoms with Crippen LogP contribution in [0.2, 0.25) is 5.02 Å². The van der Waals surface area contributed by atoms with Crippen LogP contribution in [0.15, 0.2) is 24.3 Å². The van der Waals surface area contributed by atoms with Gasteiger partial charge in [0.2, 0.25) is 0 Å². The van der Waals surface area contributed by atoms with Crippen LogP contribution in [0.1, 0.15) is 44.6 Å². The summed E-state index contributed by atoms with van der Waals surface area (Å²) >= 11 is 6.23. The highest BCUT2D eigenvalue weighted by molar-refractivity contribution is 6.31. The molecule has 2 fully saturated rings. The number of rotatable bonds is 2. The van der Waals surface area contributed by atoms with Gasteiger partial charge in [0.05, 0.1) is 12.2 Å². The summed E-state index contributed by atoms with van der Waals surface area (Å²) in [7, 11) is 0. The van der Waals surface area contributed by atoms with Gasteiger partial charge in [-0.15, -0.1) is 0 Å². The highest BCUT2D eigenvalue weighted by Gasteiger charge is 2.46. The van der Waals surface area contributed by atoms with Crippen molar-refractivity contribution in [3.63, 3.8) is 0 Å². The van der Waals surface area contributed by atoms with E-state index in [1.165, 1.54) is 19.3 Å². The Morgan fingerprint density at radius 2 is 1.89 bits per heavy atom. The average molecular weight is 281 g/mol. The molecule has 0 N–H and O–H groups in total. The summed E-state index contributed by atoms with van der Waals surface area (Å²) < 4.78 is 12.4. The molecule has 0 amide bonds. The predicted molar refractivity (Wildman–Crippen MR) is 76.4 cm³/mol. The Balaban J connectivity index is 1.70. The van der Waals surface area contributed by atoms with Crippen LogP contribution in [0.3, 0.4) is 0 Å². The third-order valence-corrected chi connectivity index (χ3v) is 4.65. The third kappa shape index (κ3) is 2.81. The first-order valence-electron chi connectivity index (χ1n) is 7.28. The van der Waals surface area contributed by atoms with E-state index in [4.69, 9.17) is 21.1 Å². The van der Waals surface area contributed by atoms with E-state index in [2.05, 4.69) is 13.0 Å². The van der Waals surface area contributed by atoms with Gasteiger partial charge in [-0.2, -0.15) is 0 Å². The molecule has 1 aromatic carbocycles. The fourth-order valence-corrected chi connectivity index (χ4v) is 3.44. The Kier molecular flexibility index (Phi) is 3.84. The molecule has 2 atom stereocenters. The standard InChI is InChI=1S/C16H21ClO2/c1-12-15(11-13-7-3-4-8-14(13)17)19-16(18-12)9-5-2-6-10-16/h3-4,7-8,12,15H,2,5-6,9-11H2,1H3. The fraction of sp³-hybridized carbons (Fsp3) is 0.625. The maximum Gasteiger partial charge on any atom is 0.169 e. The van der Waals surface area contributed by atoms with Crippen LogP contribution in [-0.2, 0) is 15.9 Å². The molecule has 1 aliphatic heterocycles. The van der Waals surface area contributed by atoms with Crippen molar-refractivity contribution < 1.29 is 9.47 Å². The highest BCUT2D eigenvalue weighted by Crippen LogP contribution is 2.41. The molecule has 0 radical (unpaired) electrons. The van der Waals surface area contributed by atoms with Crippen molar-refractivity contribution in [3.05, 3.63) is 34.9 Å². The molecule has 2 nitrogen and oxygen atoms in total. The lowest BCUT2D eigenvalue weighted by molar-refractivity contribution is -0.192. The Morgan fingerprint density at radius 1 is 1.16 bits per heavy atom. The smallest absolute Gasteiger partial charge is 0.169 e. The average Bonchev–Trinajstić information content (AvgIpc) is 2.69. The van der Waals surface area contributed by atoms with Crippen LogP contribution in [-0.4, -0.2) is 18.0 Å². The Labute approximate surface area is 120 Å². The first kappa shape index (κ1) is 13.4. The SMILES string of the molecule is CC1OC2(CCCCC2)OC1Cc1ccccc1Cl. The zero-order valence-corrected chi connectivity index (χ0v) is 12.2. The normalized spacial score (nSPS) is 29.8. The van der Waals surface area contributed by atoms with Crippen LogP contribution >= 0.6 is 11.6 Å². The molecular weight excluding hydrogens is 260 g/mol. The molecule has 104 valence electrons. The molecule has 2 aliphatic rings. The Hall–Kier alpha value is -0.570. The van der Waals surface area contributed by atoms with Crippen molar-refractivity contribution >= 4 is 11.6 Å². The molecule has 1 spiro atoms. The van der Waals surface area contributed by atoms with Gasteiger partial charge >= 0.3 is 0 Å². The highest BCUT2D eigenvalue weighted by atomic mass is 35.5. The summed E-state index contributed by atoms with van der Waals surface area (Å²) in [5.74, 6) is -0.302. The van der Waals surface area contributed by atoms with E-state index in [-0.39, 0.29) is 18.0 Å². The molecule has 1 saturated heterocycles. The number of hydrogen-bond acceptors (Lipinski definition) is 2. The summed E-state index contributed by atoms with van der Waals surface area (Å²) in [4.78, 5) is 0. The summed E-state index contributed by atoms with van der Waals surface area (Å²) in [6.07, 6.45) is 6.91. The topological polar surface area (TPSA) is 18.5 Å². The van der Waals surface area contributed by atoms with Crippen molar-refractivity contribution in [2.24, 2.45) is 0 Å². The second kappa shape index (κ2) is 5.43.